The number of hydrogen-bond donors (Lipinski definition) is 0. The second-order valence-electron chi connectivity index (χ2n) is 11.9. The van der Waals surface area contributed by atoms with Gasteiger partial charge in [-0.25, -0.2) is 0 Å². The van der Waals surface area contributed by atoms with E-state index in [9.17, 15) is 8.42 Å². The van der Waals surface area contributed by atoms with Crippen molar-refractivity contribution in [1.29, 1.82) is 0 Å². The van der Waals surface area contributed by atoms with Crippen molar-refractivity contribution in [2.75, 3.05) is 79.3 Å². The summed E-state index contributed by atoms with van der Waals surface area (Å²) in [5, 5.41) is 0. The SMILES string of the molecule is Cc1ccc(S(=O)(=O)OCCOCCOCCOc2ccc(OCCOCCOCCO[Si](C(C)C)(C(C)C)C(C)C)cc2)cc1. The Labute approximate surface area is 278 Å². The molecule has 10 nitrogen and oxygen atoms in total. The molecule has 0 unspecified atom stereocenters. The van der Waals surface area contributed by atoms with E-state index in [0.717, 1.165) is 11.3 Å². The highest BCUT2D eigenvalue weighted by Crippen LogP contribution is 2.42. The lowest BCUT2D eigenvalue weighted by atomic mass is 10.2. The Hall–Kier alpha value is -2.03. The van der Waals surface area contributed by atoms with Gasteiger partial charge in [0.05, 0.1) is 71.0 Å². The summed E-state index contributed by atoms with van der Waals surface area (Å²) in [5.74, 6) is 1.45. The first kappa shape index (κ1) is 40.1. The Bertz CT molecular complexity index is 1150. The maximum absolute atomic E-state index is 12.1. The predicted molar refractivity (Wildman–Crippen MR) is 182 cm³/mol. The van der Waals surface area contributed by atoms with Crippen molar-refractivity contribution < 1.29 is 45.4 Å². The highest BCUT2D eigenvalue weighted by Gasteiger charge is 2.44. The first-order valence-electron chi connectivity index (χ1n) is 16.3. The van der Waals surface area contributed by atoms with Crippen LogP contribution in [0.3, 0.4) is 0 Å². The highest BCUT2D eigenvalue weighted by atomic mass is 32.2. The van der Waals surface area contributed by atoms with Crippen LogP contribution < -0.4 is 9.47 Å². The van der Waals surface area contributed by atoms with Crippen molar-refractivity contribution in [3.05, 3.63) is 54.1 Å². The molecule has 0 saturated carbocycles. The van der Waals surface area contributed by atoms with Crippen LogP contribution in [0, 0.1) is 6.92 Å². The summed E-state index contributed by atoms with van der Waals surface area (Å²) in [6.45, 7) is 20.3. The van der Waals surface area contributed by atoms with E-state index in [1.165, 1.54) is 12.1 Å². The first-order valence-corrected chi connectivity index (χ1v) is 19.8. The van der Waals surface area contributed by atoms with Crippen molar-refractivity contribution in [2.24, 2.45) is 0 Å². The number of aryl methyl sites for hydroxylation is 1. The fourth-order valence-electron chi connectivity index (χ4n) is 5.47. The van der Waals surface area contributed by atoms with Crippen LogP contribution in [0.2, 0.25) is 16.6 Å². The summed E-state index contributed by atoms with van der Waals surface area (Å²) in [4.78, 5) is 0.130. The number of ether oxygens (including phenoxy) is 6. The summed E-state index contributed by atoms with van der Waals surface area (Å²) in [6, 6.07) is 13.9. The lowest BCUT2D eigenvalue weighted by Crippen LogP contribution is -2.48. The fraction of sp³-hybridized carbons (Fsp3) is 0.647. The summed E-state index contributed by atoms with van der Waals surface area (Å²) in [5.41, 5.74) is 2.68. The summed E-state index contributed by atoms with van der Waals surface area (Å²) in [6.07, 6.45) is 0. The Morgan fingerprint density at radius 3 is 1.30 bits per heavy atom. The maximum atomic E-state index is 12.1. The highest BCUT2D eigenvalue weighted by molar-refractivity contribution is 7.86. The van der Waals surface area contributed by atoms with Crippen LogP contribution in [-0.2, 0) is 37.7 Å². The third kappa shape index (κ3) is 14.4. The molecule has 2 aromatic carbocycles. The van der Waals surface area contributed by atoms with Crippen molar-refractivity contribution in [3.8, 4) is 11.5 Å². The van der Waals surface area contributed by atoms with Gasteiger partial charge in [0.1, 0.15) is 24.7 Å². The van der Waals surface area contributed by atoms with Gasteiger partial charge in [-0.1, -0.05) is 59.2 Å². The molecule has 262 valence electrons. The molecule has 0 fully saturated rings. The average Bonchev–Trinajstić information content (AvgIpc) is 3.01. The standard InChI is InChI=1S/C34H56O10SSi/c1-28(2)46(29(3)4,30(5)6)44-27-23-40-19-17-38-21-25-42-33-12-10-32(11-13-33)41-24-20-37-16-18-39-22-26-43-45(35,36)34-14-8-31(7)9-15-34/h8-15,28-30H,16-27H2,1-7H3. The molecular weight excluding hydrogens is 629 g/mol. The van der Waals surface area contributed by atoms with Crippen LogP contribution >= 0.6 is 0 Å². The molecule has 0 N–H and O–H groups in total. The van der Waals surface area contributed by atoms with Crippen LogP contribution in [0.15, 0.2) is 53.4 Å². The molecule has 2 aromatic rings. The summed E-state index contributed by atoms with van der Waals surface area (Å²) >= 11 is 0. The summed E-state index contributed by atoms with van der Waals surface area (Å²) < 4.78 is 69.4. The third-order valence-electron chi connectivity index (χ3n) is 7.62. The maximum Gasteiger partial charge on any atom is 0.297 e. The molecule has 0 radical (unpaired) electrons. The number of benzene rings is 2. The van der Waals surface area contributed by atoms with Gasteiger partial charge in [-0.15, -0.1) is 0 Å². The molecule has 0 aliphatic rings. The van der Waals surface area contributed by atoms with Gasteiger partial charge in [0.2, 0.25) is 0 Å². The Balaban J connectivity index is 1.43. The normalized spacial score (nSPS) is 12.4. The van der Waals surface area contributed by atoms with Crippen LogP contribution in [0.5, 0.6) is 11.5 Å². The van der Waals surface area contributed by atoms with Gasteiger partial charge in [-0.05, 0) is 59.9 Å². The smallest absolute Gasteiger partial charge is 0.297 e. The van der Waals surface area contributed by atoms with E-state index >= 15 is 0 Å². The third-order valence-corrected chi connectivity index (χ3v) is 15.1. The lowest BCUT2D eigenvalue weighted by Gasteiger charge is -2.42. The molecule has 12 heteroatoms. The average molecular weight is 685 g/mol. The fourth-order valence-corrected chi connectivity index (χ4v) is 11.8. The molecule has 0 bridgehead atoms. The van der Waals surface area contributed by atoms with E-state index < -0.39 is 18.4 Å². The molecule has 0 heterocycles. The van der Waals surface area contributed by atoms with Gasteiger partial charge in [-0.3, -0.25) is 4.18 Å². The first-order chi connectivity index (χ1) is 22.0. The van der Waals surface area contributed by atoms with E-state index in [1.54, 1.807) is 12.1 Å². The van der Waals surface area contributed by atoms with Crippen LogP contribution in [0.25, 0.3) is 0 Å². The van der Waals surface area contributed by atoms with Gasteiger partial charge in [0.15, 0.2) is 8.32 Å². The van der Waals surface area contributed by atoms with Crippen molar-refractivity contribution in [3.63, 3.8) is 0 Å². The molecular formula is C34H56O10SSi. The second-order valence-corrected chi connectivity index (χ2v) is 18.9. The van der Waals surface area contributed by atoms with Gasteiger partial charge in [0.25, 0.3) is 10.1 Å². The van der Waals surface area contributed by atoms with Gasteiger partial charge in [-0.2, -0.15) is 8.42 Å². The van der Waals surface area contributed by atoms with Gasteiger partial charge < -0.3 is 32.8 Å². The largest absolute Gasteiger partial charge is 0.491 e. The second kappa shape index (κ2) is 21.8. The summed E-state index contributed by atoms with van der Waals surface area (Å²) in [7, 11) is -5.62. The van der Waals surface area contributed by atoms with E-state index in [1.807, 2.05) is 31.2 Å². The van der Waals surface area contributed by atoms with E-state index in [0.29, 0.717) is 88.4 Å². The Morgan fingerprint density at radius 2 is 0.891 bits per heavy atom. The van der Waals surface area contributed by atoms with E-state index in [-0.39, 0.29) is 18.1 Å². The minimum Gasteiger partial charge on any atom is -0.491 e. The minimum atomic E-state index is -3.78. The van der Waals surface area contributed by atoms with Crippen LogP contribution in [0.4, 0.5) is 0 Å². The van der Waals surface area contributed by atoms with Crippen LogP contribution in [0.1, 0.15) is 47.1 Å². The predicted octanol–water partition coefficient (Wildman–Crippen LogP) is 6.42. The van der Waals surface area contributed by atoms with Gasteiger partial charge >= 0.3 is 0 Å². The number of rotatable bonds is 26. The molecule has 2 rings (SSSR count). The van der Waals surface area contributed by atoms with Crippen molar-refractivity contribution in [1.82, 2.24) is 0 Å². The molecule has 0 spiro atoms. The minimum absolute atomic E-state index is 0.0606. The monoisotopic (exact) mass is 684 g/mol. The van der Waals surface area contributed by atoms with Gasteiger partial charge in [0, 0.05) is 0 Å². The van der Waals surface area contributed by atoms with Crippen molar-refractivity contribution in [2.45, 2.75) is 70.0 Å². The van der Waals surface area contributed by atoms with E-state index in [4.69, 9.17) is 37.0 Å². The van der Waals surface area contributed by atoms with Crippen LogP contribution in [-0.4, -0.2) is 96.0 Å². The topological polar surface area (TPSA) is 108 Å². The molecule has 0 saturated heterocycles. The zero-order chi connectivity index (χ0) is 33.8. The van der Waals surface area contributed by atoms with E-state index in [2.05, 4.69) is 41.5 Å². The Morgan fingerprint density at radius 1 is 0.522 bits per heavy atom. The lowest BCUT2D eigenvalue weighted by molar-refractivity contribution is 0.0255. The Kier molecular flexibility index (Phi) is 19.0. The molecule has 0 amide bonds. The zero-order valence-electron chi connectivity index (χ0n) is 28.8. The molecule has 0 aliphatic heterocycles. The quantitative estimate of drug-likeness (QED) is 0.0626. The molecule has 46 heavy (non-hydrogen) atoms. The van der Waals surface area contributed by atoms with Crippen molar-refractivity contribution >= 4 is 18.4 Å². The molecule has 0 atom stereocenters. The molecule has 0 aromatic heterocycles. The number of hydrogen-bond acceptors (Lipinski definition) is 10. The zero-order valence-corrected chi connectivity index (χ0v) is 30.6. The molecule has 0 aliphatic carbocycles.